The summed E-state index contributed by atoms with van der Waals surface area (Å²) in [7, 11) is 0. The van der Waals surface area contributed by atoms with Crippen molar-refractivity contribution in [3.63, 3.8) is 0 Å². The molecule has 0 fully saturated rings. The Bertz CT molecular complexity index is 9190. The molecule has 0 aliphatic rings. The van der Waals surface area contributed by atoms with Crippen LogP contribution in [0.3, 0.4) is 0 Å². The minimum atomic E-state index is 1.23. The lowest BCUT2D eigenvalue weighted by Crippen LogP contribution is -1.94. The molecule has 27 aromatic carbocycles. The summed E-state index contributed by atoms with van der Waals surface area (Å²) in [5.74, 6) is 0. The largest absolute Gasteiger partial charge is 0.0616 e. The highest BCUT2D eigenvalue weighted by Gasteiger charge is 2.25. The molecular weight excluding hydrogens is 1590 g/mol. The van der Waals surface area contributed by atoms with Gasteiger partial charge in [0, 0.05) is 0 Å². The third-order valence-electron chi connectivity index (χ3n) is 27.6. The van der Waals surface area contributed by atoms with Crippen LogP contribution in [0.15, 0.2) is 510 Å². The molecule has 0 aliphatic carbocycles. The van der Waals surface area contributed by atoms with Gasteiger partial charge in [0.2, 0.25) is 0 Å². The van der Waals surface area contributed by atoms with Gasteiger partial charge in [0.1, 0.15) is 0 Å². The Kier molecular flexibility index (Phi) is 19.1. The molecule has 0 aliphatic heterocycles. The number of fused-ring (bicyclic) bond motifs is 15. The van der Waals surface area contributed by atoms with E-state index in [0.29, 0.717) is 0 Å². The van der Waals surface area contributed by atoms with Gasteiger partial charge < -0.3 is 0 Å². The standard InChI is InChI=1S/3C44H28/c1-3-14-32-27-34(23-21-29(32)11-1)37-26-25-31-13-5-6-16-36(31)43(37)44-40-19-9-7-17-38(40)42(39-18-8-10-20-41(39)44)35-24-22-30-12-2-4-15-33(30)28-35;1-3-13-31-25-33(23-21-29(31)11-1)36-27-34-15-5-6-16-37(34)42(28-36)44-40-19-9-7-17-38(40)43(39-18-8-10-20-41(39)44)35-24-22-30-12-2-4-14-32(30)26-35;1-2-13-32-27-34(26-23-29(32)11-1)43-37-17-5-7-19-39(37)44(40-20-8-6-18-38(40)43)41-22-10-15-31-24-25-33(28-42(31)41)36-21-9-14-30-12-3-4-16-35(30)36/h3*1-28H. The van der Waals surface area contributed by atoms with Crippen LogP contribution in [0.2, 0.25) is 0 Å². The molecule has 0 amide bonds. The van der Waals surface area contributed by atoms with Gasteiger partial charge >= 0.3 is 0 Å². The molecule has 0 N–H and O–H groups in total. The first-order chi connectivity index (χ1) is 65.5. The number of benzene rings is 27. The highest BCUT2D eigenvalue weighted by Crippen LogP contribution is 2.53. The molecular formula is C132H84. The molecule has 0 heteroatoms. The van der Waals surface area contributed by atoms with Crippen molar-refractivity contribution in [1.29, 1.82) is 0 Å². The van der Waals surface area contributed by atoms with E-state index >= 15 is 0 Å². The lowest BCUT2D eigenvalue weighted by atomic mass is 9.81. The van der Waals surface area contributed by atoms with Gasteiger partial charge in [0.05, 0.1) is 0 Å². The highest BCUT2D eigenvalue weighted by atomic mass is 14.3. The Labute approximate surface area is 765 Å². The van der Waals surface area contributed by atoms with Crippen LogP contribution < -0.4 is 0 Å². The fourth-order valence-corrected chi connectivity index (χ4v) is 21.5. The summed E-state index contributed by atoms with van der Waals surface area (Å²) in [4.78, 5) is 0. The molecule has 0 spiro atoms. The Morgan fingerprint density at radius 3 is 0.712 bits per heavy atom. The summed E-state index contributed by atoms with van der Waals surface area (Å²) in [5.41, 5.74) is 22.8. The van der Waals surface area contributed by atoms with Gasteiger partial charge in [-0.15, -0.1) is 0 Å². The Hall–Kier alpha value is -17.2. The molecule has 0 aromatic heterocycles. The van der Waals surface area contributed by atoms with Crippen LogP contribution in [0, 0.1) is 0 Å². The minimum Gasteiger partial charge on any atom is -0.0616 e. The molecule has 0 unspecified atom stereocenters. The van der Waals surface area contributed by atoms with Gasteiger partial charge in [-0.1, -0.05) is 461 Å². The molecule has 0 heterocycles. The van der Waals surface area contributed by atoms with Crippen LogP contribution in [0.25, 0.3) is 262 Å². The topological polar surface area (TPSA) is 0 Å². The van der Waals surface area contributed by atoms with E-state index in [-0.39, 0.29) is 0 Å². The van der Waals surface area contributed by atoms with Gasteiger partial charge in [0.25, 0.3) is 0 Å². The van der Waals surface area contributed by atoms with Crippen LogP contribution in [0.1, 0.15) is 0 Å². The summed E-state index contributed by atoms with van der Waals surface area (Å²) in [6.45, 7) is 0. The number of hydrogen-bond donors (Lipinski definition) is 0. The van der Waals surface area contributed by atoms with E-state index in [4.69, 9.17) is 0 Å². The van der Waals surface area contributed by atoms with Crippen molar-refractivity contribution in [3.05, 3.63) is 510 Å². The Morgan fingerprint density at radius 2 is 0.311 bits per heavy atom. The quantitative estimate of drug-likeness (QED) is 0.126. The maximum absolute atomic E-state index is 2.41. The predicted molar refractivity (Wildman–Crippen MR) is 571 cm³/mol. The molecule has 0 saturated carbocycles. The molecule has 0 nitrogen and oxygen atoms in total. The van der Waals surface area contributed by atoms with Crippen molar-refractivity contribution in [3.8, 4) is 100 Å². The van der Waals surface area contributed by atoms with Gasteiger partial charge in [-0.2, -0.15) is 0 Å². The zero-order valence-corrected chi connectivity index (χ0v) is 72.5. The van der Waals surface area contributed by atoms with E-state index in [2.05, 4.69) is 510 Å². The zero-order chi connectivity index (χ0) is 87.1. The molecule has 27 rings (SSSR count). The van der Waals surface area contributed by atoms with Crippen LogP contribution >= 0.6 is 0 Å². The van der Waals surface area contributed by atoms with Gasteiger partial charge in [-0.3, -0.25) is 0 Å². The fourth-order valence-electron chi connectivity index (χ4n) is 21.5. The lowest BCUT2D eigenvalue weighted by molar-refractivity contribution is 1.65. The summed E-state index contributed by atoms with van der Waals surface area (Å²) in [5, 5.41) is 38.0. The first-order valence-corrected chi connectivity index (χ1v) is 45.8. The lowest BCUT2D eigenvalue weighted by Gasteiger charge is -2.21. The second kappa shape index (κ2) is 32.6. The first-order valence-electron chi connectivity index (χ1n) is 45.8. The van der Waals surface area contributed by atoms with Crippen molar-refractivity contribution in [1.82, 2.24) is 0 Å². The van der Waals surface area contributed by atoms with Crippen LogP contribution in [0.5, 0.6) is 0 Å². The minimum absolute atomic E-state index is 1.23. The van der Waals surface area contributed by atoms with Crippen molar-refractivity contribution < 1.29 is 0 Å². The maximum atomic E-state index is 2.41. The summed E-state index contributed by atoms with van der Waals surface area (Å²) >= 11 is 0. The summed E-state index contributed by atoms with van der Waals surface area (Å²) in [6.07, 6.45) is 0. The first kappa shape index (κ1) is 77.2. The second-order valence-electron chi connectivity index (χ2n) is 35.1. The van der Waals surface area contributed by atoms with E-state index in [1.165, 1.54) is 262 Å². The fraction of sp³-hybridized carbons (Fsp3) is 0. The van der Waals surface area contributed by atoms with Crippen LogP contribution in [0.4, 0.5) is 0 Å². The molecule has 0 atom stereocenters. The average molecular weight is 1670 g/mol. The van der Waals surface area contributed by atoms with E-state index in [1.807, 2.05) is 0 Å². The van der Waals surface area contributed by atoms with Crippen molar-refractivity contribution in [2.75, 3.05) is 0 Å². The molecule has 0 radical (unpaired) electrons. The van der Waals surface area contributed by atoms with Gasteiger partial charge in [0.15, 0.2) is 0 Å². The van der Waals surface area contributed by atoms with E-state index in [0.717, 1.165) is 0 Å². The maximum Gasteiger partial charge on any atom is -0.00139 e. The molecule has 0 bridgehead atoms. The normalized spacial score (nSPS) is 11.6. The monoisotopic (exact) mass is 1670 g/mol. The van der Waals surface area contributed by atoms with Gasteiger partial charge in [-0.05, 0) is 310 Å². The van der Waals surface area contributed by atoms with Crippen LogP contribution in [-0.4, -0.2) is 0 Å². The Morgan fingerprint density at radius 1 is 0.0758 bits per heavy atom. The summed E-state index contributed by atoms with van der Waals surface area (Å²) < 4.78 is 0. The molecule has 27 aromatic rings. The van der Waals surface area contributed by atoms with Crippen molar-refractivity contribution >= 4 is 162 Å². The molecule has 132 heavy (non-hydrogen) atoms. The van der Waals surface area contributed by atoms with Crippen molar-refractivity contribution in [2.24, 2.45) is 0 Å². The Balaban J connectivity index is 0.000000106. The predicted octanol–water partition coefficient (Wildman–Crippen LogP) is 37.4. The SMILES string of the molecule is c1ccc2cc(-c3c4ccccc4c(-c4cccc5ccc(-c6cccc7ccccc67)cc45)c4ccccc34)ccc2c1.c1ccc2cc(-c3cc(-c4c5ccccc5c(-c5ccc6ccccc6c5)c5ccccc45)c4ccccc4c3)ccc2c1.c1ccc2cc(-c3ccc4ccccc4c3-c3c4ccccc4c(-c4ccc5ccccc5c4)c4ccccc34)ccc2c1. The highest BCUT2D eigenvalue weighted by molar-refractivity contribution is 6.29. The summed E-state index contributed by atoms with van der Waals surface area (Å²) in [6, 6.07) is 187. The number of hydrogen-bond acceptors (Lipinski definition) is 0. The van der Waals surface area contributed by atoms with E-state index in [9.17, 15) is 0 Å². The zero-order valence-electron chi connectivity index (χ0n) is 72.5. The molecule has 612 valence electrons. The second-order valence-corrected chi connectivity index (χ2v) is 35.1. The van der Waals surface area contributed by atoms with Gasteiger partial charge in [-0.25, -0.2) is 0 Å². The third kappa shape index (κ3) is 13.5. The third-order valence-corrected chi connectivity index (χ3v) is 27.6. The van der Waals surface area contributed by atoms with Crippen molar-refractivity contribution in [2.45, 2.75) is 0 Å². The average Bonchev–Trinajstić information content (AvgIpc) is 0.755. The number of rotatable bonds is 9. The smallest absolute Gasteiger partial charge is 0.00139 e. The van der Waals surface area contributed by atoms with Crippen LogP contribution in [-0.2, 0) is 0 Å². The molecule has 0 saturated heterocycles. The van der Waals surface area contributed by atoms with E-state index < -0.39 is 0 Å². The van der Waals surface area contributed by atoms with E-state index in [1.54, 1.807) is 0 Å².